The average Bonchev–Trinajstić information content (AvgIpc) is 2.44. The van der Waals surface area contributed by atoms with Crippen molar-refractivity contribution in [1.82, 2.24) is 5.32 Å². The third kappa shape index (κ3) is 3.97. The minimum atomic E-state index is 0.0468. The summed E-state index contributed by atoms with van der Waals surface area (Å²) in [6.07, 6.45) is 5.10. The first-order valence-electron chi connectivity index (χ1n) is 7.39. The average molecular weight is 276 g/mol. The zero-order valence-electron chi connectivity index (χ0n) is 12.3. The number of phenols is 1. The van der Waals surface area contributed by atoms with E-state index in [1.54, 1.807) is 6.07 Å². The Balaban J connectivity index is 1.86. The predicted octanol–water partition coefficient (Wildman–Crippen LogP) is 2.87. The van der Waals surface area contributed by atoms with Gasteiger partial charge in [-0.2, -0.15) is 0 Å². The summed E-state index contributed by atoms with van der Waals surface area (Å²) in [4.78, 5) is 12.0. The first-order chi connectivity index (χ1) is 9.56. The molecule has 1 aromatic carbocycles. The second-order valence-electron chi connectivity index (χ2n) is 5.69. The van der Waals surface area contributed by atoms with Crippen molar-refractivity contribution in [2.75, 3.05) is 11.9 Å². The van der Waals surface area contributed by atoms with Crippen molar-refractivity contribution < 1.29 is 9.90 Å². The van der Waals surface area contributed by atoms with Crippen LogP contribution in [0.2, 0.25) is 0 Å². The number of piperidine rings is 1. The van der Waals surface area contributed by atoms with E-state index in [-0.39, 0.29) is 11.7 Å². The van der Waals surface area contributed by atoms with Gasteiger partial charge in [-0.1, -0.05) is 6.42 Å². The van der Waals surface area contributed by atoms with Crippen molar-refractivity contribution in [1.29, 1.82) is 0 Å². The summed E-state index contributed by atoms with van der Waals surface area (Å²) in [6.45, 7) is 4.79. The molecule has 0 radical (unpaired) electrons. The van der Waals surface area contributed by atoms with Crippen molar-refractivity contribution in [3.05, 3.63) is 23.3 Å². The molecule has 1 atom stereocenters. The fraction of sp³-hybridized carbons (Fsp3) is 0.562. The number of carbonyl (C=O) groups is 1. The van der Waals surface area contributed by atoms with Crippen LogP contribution in [0.5, 0.6) is 5.75 Å². The maximum Gasteiger partial charge on any atom is 0.224 e. The molecule has 1 aliphatic heterocycles. The molecule has 3 N–H and O–H groups in total. The molecule has 0 bridgehead atoms. The van der Waals surface area contributed by atoms with Gasteiger partial charge in [-0.15, -0.1) is 0 Å². The fourth-order valence-corrected chi connectivity index (χ4v) is 2.62. The molecule has 2 rings (SSSR count). The minimum Gasteiger partial charge on any atom is -0.508 e. The van der Waals surface area contributed by atoms with Crippen molar-refractivity contribution in [3.8, 4) is 5.75 Å². The van der Waals surface area contributed by atoms with E-state index >= 15 is 0 Å². The van der Waals surface area contributed by atoms with Gasteiger partial charge in [0.05, 0.1) is 0 Å². The molecule has 0 aliphatic carbocycles. The van der Waals surface area contributed by atoms with Crippen LogP contribution in [0.25, 0.3) is 0 Å². The molecule has 20 heavy (non-hydrogen) atoms. The molecular formula is C16H24N2O2. The zero-order chi connectivity index (χ0) is 14.5. The molecule has 0 aromatic heterocycles. The molecule has 4 heteroatoms. The third-order valence-electron chi connectivity index (χ3n) is 3.95. The number of anilines is 1. The molecule has 1 amide bonds. The fourth-order valence-electron chi connectivity index (χ4n) is 2.62. The maximum atomic E-state index is 12.0. The number of aryl methyl sites for hydroxylation is 2. The van der Waals surface area contributed by atoms with E-state index in [1.807, 2.05) is 19.9 Å². The maximum absolute atomic E-state index is 12.0. The molecule has 0 saturated carbocycles. The predicted molar refractivity (Wildman–Crippen MR) is 81.1 cm³/mol. The number of hydrogen-bond donors (Lipinski definition) is 3. The van der Waals surface area contributed by atoms with Gasteiger partial charge in [-0.05, 0) is 62.9 Å². The number of benzene rings is 1. The Morgan fingerprint density at radius 2 is 2.15 bits per heavy atom. The highest BCUT2D eigenvalue weighted by atomic mass is 16.3. The molecular weight excluding hydrogens is 252 g/mol. The Bertz CT molecular complexity index is 480. The van der Waals surface area contributed by atoms with Crippen LogP contribution in [0.1, 0.15) is 43.2 Å². The van der Waals surface area contributed by atoms with Gasteiger partial charge in [0, 0.05) is 18.2 Å². The van der Waals surface area contributed by atoms with Gasteiger partial charge in [-0.3, -0.25) is 4.79 Å². The molecule has 1 heterocycles. The Kier molecular flexibility index (Phi) is 5.01. The molecule has 1 aromatic rings. The van der Waals surface area contributed by atoms with Crippen molar-refractivity contribution in [3.63, 3.8) is 0 Å². The van der Waals surface area contributed by atoms with E-state index in [0.717, 1.165) is 29.8 Å². The largest absolute Gasteiger partial charge is 0.508 e. The lowest BCUT2D eigenvalue weighted by Gasteiger charge is -2.23. The Hall–Kier alpha value is -1.55. The molecule has 1 saturated heterocycles. The zero-order valence-corrected chi connectivity index (χ0v) is 12.3. The Labute approximate surface area is 120 Å². The van der Waals surface area contributed by atoms with Gasteiger partial charge < -0.3 is 15.7 Å². The van der Waals surface area contributed by atoms with Crippen LogP contribution in [0.4, 0.5) is 5.69 Å². The van der Waals surface area contributed by atoms with Crippen LogP contribution in [0.3, 0.4) is 0 Å². The van der Waals surface area contributed by atoms with E-state index in [0.29, 0.717) is 12.5 Å². The van der Waals surface area contributed by atoms with Crippen molar-refractivity contribution in [2.24, 2.45) is 0 Å². The van der Waals surface area contributed by atoms with E-state index in [4.69, 9.17) is 0 Å². The third-order valence-corrected chi connectivity index (χ3v) is 3.95. The standard InChI is InChI=1S/C16H24N2O2/c1-11-10-15(19)12(2)9-14(11)18-16(20)7-6-13-5-3-4-8-17-13/h9-10,13,17,19H,3-8H2,1-2H3,(H,18,20). The number of carbonyl (C=O) groups excluding carboxylic acids is 1. The summed E-state index contributed by atoms with van der Waals surface area (Å²) in [5, 5.41) is 16.0. The second kappa shape index (κ2) is 6.75. The quantitative estimate of drug-likeness (QED) is 0.741. The topological polar surface area (TPSA) is 61.4 Å². The highest BCUT2D eigenvalue weighted by molar-refractivity contribution is 5.91. The summed E-state index contributed by atoms with van der Waals surface area (Å²) in [5.41, 5.74) is 2.46. The molecule has 1 aliphatic rings. The lowest BCUT2D eigenvalue weighted by atomic mass is 10.0. The van der Waals surface area contributed by atoms with Gasteiger partial charge in [0.1, 0.15) is 5.75 Å². The van der Waals surface area contributed by atoms with E-state index < -0.39 is 0 Å². The van der Waals surface area contributed by atoms with Gasteiger partial charge in [-0.25, -0.2) is 0 Å². The highest BCUT2D eigenvalue weighted by Crippen LogP contribution is 2.25. The Morgan fingerprint density at radius 1 is 1.35 bits per heavy atom. The summed E-state index contributed by atoms with van der Waals surface area (Å²) < 4.78 is 0. The van der Waals surface area contributed by atoms with E-state index in [2.05, 4.69) is 10.6 Å². The second-order valence-corrected chi connectivity index (χ2v) is 5.69. The summed E-state index contributed by atoms with van der Waals surface area (Å²) in [5.74, 6) is 0.317. The molecule has 4 nitrogen and oxygen atoms in total. The number of hydrogen-bond acceptors (Lipinski definition) is 3. The SMILES string of the molecule is Cc1cc(NC(=O)CCC2CCCCN2)c(C)cc1O. The monoisotopic (exact) mass is 276 g/mol. The number of phenolic OH excluding ortho intramolecular Hbond substituents is 1. The van der Waals surface area contributed by atoms with Crippen LogP contribution in [-0.2, 0) is 4.79 Å². The van der Waals surface area contributed by atoms with Crippen LogP contribution >= 0.6 is 0 Å². The normalized spacial score (nSPS) is 18.8. The molecule has 1 fully saturated rings. The first kappa shape index (κ1) is 14.9. The van der Waals surface area contributed by atoms with Crippen LogP contribution < -0.4 is 10.6 Å². The Morgan fingerprint density at radius 3 is 2.85 bits per heavy atom. The van der Waals surface area contributed by atoms with Gasteiger partial charge in [0.15, 0.2) is 0 Å². The summed E-state index contributed by atoms with van der Waals surface area (Å²) in [7, 11) is 0. The lowest BCUT2D eigenvalue weighted by Crippen LogP contribution is -2.34. The van der Waals surface area contributed by atoms with Crippen LogP contribution in [0, 0.1) is 13.8 Å². The van der Waals surface area contributed by atoms with E-state index in [1.165, 1.54) is 19.3 Å². The van der Waals surface area contributed by atoms with Gasteiger partial charge >= 0.3 is 0 Å². The summed E-state index contributed by atoms with van der Waals surface area (Å²) in [6, 6.07) is 3.99. The van der Waals surface area contributed by atoms with Crippen LogP contribution in [-0.4, -0.2) is 23.6 Å². The summed E-state index contributed by atoms with van der Waals surface area (Å²) >= 11 is 0. The minimum absolute atomic E-state index is 0.0468. The number of amides is 1. The number of aromatic hydroxyl groups is 1. The molecule has 110 valence electrons. The first-order valence-corrected chi connectivity index (χ1v) is 7.39. The van der Waals surface area contributed by atoms with Gasteiger partial charge in [0.2, 0.25) is 5.91 Å². The highest BCUT2D eigenvalue weighted by Gasteiger charge is 2.14. The number of nitrogens with one attached hydrogen (secondary N) is 2. The lowest BCUT2D eigenvalue weighted by molar-refractivity contribution is -0.116. The van der Waals surface area contributed by atoms with Crippen LogP contribution in [0.15, 0.2) is 12.1 Å². The van der Waals surface area contributed by atoms with E-state index in [9.17, 15) is 9.90 Å². The smallest absolute Gasteiger partial charge is 0.224 e. The van der Waals surface area contributed by atoms with Crippen molar-refractivity contribution >= 4 is 11.6 Å². The molecule has 1 unspecified atom stereocenters. The number of rotatable bonds is 4. The molecule has 0 spiro atoms. The van der Waals surface area contributed by atoms with Gasteiger partial charge in [0.25, 0.3) is 0 Å². The van der Waals surface area contributed by atoms with Crippen molar-refractivity contribution in [2.45, 2.75) is 52.0 Å².